The van der Waals surface area contributed by atoms with Gasteiger partial charge < -0.3 is 19.7 Å². The number of amides is 1. The molecule has 1 fully saturated rings. The van der Waals surface area contributed by atoms with Crippen molar-refractivity contribution in [2.75, 3.05) is 18.4 Å². The second kappa shape index (κ2) is 4.73. The first kappa shape index (κ1) is 12.3. The molecule has 2 N–H and O–H groups in total. The molecule has 3 rings (SSSR count). The topological polar surface area (TPSA) is 78.6 Å². The van der Waals surface area contributed by atoms with Crippen LogP contribution in [0.1, 0.15) is 6.42 Å². The highest BCUT2D eigenvalue weighted by molar-refractivity contribution is 9.10. The molecule has 0 radical (unpaired) electrons. The van der Waals surface area contributed by atoms with Gasteiger partial charge in [-0.2, -0.15) is 4.98 Å². The summed E-state index contributed by atoms with van der Waals surface area (Å²) in [5.74, 6) is 0. The Morgan fingerprint density at radius 1 is 1.58 bits per heavy atom. The summed E-state index contributed by atoms with van der Waals surface area (Å²) in [6, 6.07) is 6.10. The van der Waals surface area contributed by atoms with Gasteiger partial charge in [0.15, 0.2) is 5.58 Å². The number of likely N-dealkylation sites (tertiary alicyclic amines) is 1. The molecule has 1 aromatic carbocycles. The van der Waals surface area contributed by atoms with Crippen LogP contribution in [0.5, 0.6) is 0 Å². The SMILES string of the molecule is O=C(O)N1CC[C@@H](Nc2nc3ccc(Br)cc3o2)C1. The minimum atomic E-state index is -0.884. The third-order valence-corrected chi connectivity index (χ3v) is 3.63. The lowest BCUT2D eigenvalue weighted by molar-refractivity contribution is 0.155. The number of hydrogen-bond acceptors (Lipinski definition) is 4. The molecule has 2 heterocycles. The van der Waals surface area contributed by atoms with Crippen LogP contribution in [0.3, 0.4) is 0 Å². The third-order valence-electron chi connectivity index (χ3n) is 3.14. The zero-order valence-electron chi connectivity index (χ0n) is 9.97. The minimum Gasteiger partial charge on any atom is -0.465 e. The number of oxazole rings is 1. The molecule has 7 heteroatoms. The van der Waals surface area contributed by atoms with Crippen molar-refractivity contribution < 1.29 is 14.3 Å². The fourth-order valence-electron chi connectivity index (χ4n) is 2.19. The van der Waals surface area contributed by atoms with E-state index in [1.165, 1.54) is 4.90 Å². The summed E-state index contributed by atoms with van der Waals surface area (Å²) in [4.78, 5) is 16.5. The van der Waals surface area contributed by atoms with Crippen LogP contribution in [0.15, 0.2) is 27.1 Å². The molecule has 0 aliphatic carbocycles. The van der Waals surface area contributed by atoms with Gasteiger partial charge in [-0.3, -0.25) is 0 Å². The number of aromatic nitrogens is 1. The molecular weight excluding hydrogens is 314 g/mol. The Morgan fingerprint density at radius 3 is 3.16 bits per heavy atom. The molecule has 0 bridgehead atoms. The monoisotopic (exact) mass is 325 g/mol. The molecule has 1 atom stereocenters. The van der Waals surface area contributed by atoms with Gasteiger partial charge >= 0.3 is 6.09 Å². The summed E-state index contributed by atoms with van der Waals surface area (Å²) in [6.07, 6.45) is -0.125. The smallest absolute Gasteiger partial charge is 0.407 e. The maximum Gasteiger partial charge on any atom is 0.407 e. The summed E-state index contributed by atoms with van der Waals surface area (Å²) in [5.41, 5.74) is 1.48. The number of carboxylic acid groups (broad SMARTS) is 1. The summed E-state index contributed by atoms with van der Waals surface area (Å²) in [6.45, 7) is 0.997. The number of carbonyl (C=O) groups is 1. The van der Waals surface area contributed by atoms with Crippen molar-refractivity contribution in [2.24, 2.45) is 0 Å². The van der Waals surface area contributed by atoms with Crippen LogP contribution in [0.4, 0.5) is 10.8 Å². The standard InChI is InChI=1S/C12H12BrN3O3/c13-7-1-2-9-10(5-7)19-11(15-9)14-8-3-4-16(6-8)12(17)18/h1-2,5,8H,3-4,6H2,(H,14,15)(H,17,18)/t8-/m1/s1. The molecule has 1 amide bonds. The quantitative estimate of drug-likeness (QED) is 0.887. The van der Waals surface area contributed by atoms with Crippen molar-refractivity contribution in [3.05, 3.63) is 22.7 Å². The van der Waals surface area contributed by atoms with Gasteiger partial charge in [0.1, 0.15) is 5.52 Å². The Balaban J connectivity index is 1.73. The van der Waals surface area contributed by atoms with Crippen LogP contribution >= 0.6 is 15.9 Å². The highest BCUT2D eigenvalue weighted by Gasteiger charge is 2.26. The number of nitrogens with zero attached hydrogens (tertiary/aromatic N) is 2. The normalized spacial score (nSPS) is 19.0. The molecule has 1 saturated heterocycles. The zero-order valence-corrected chi connectivity index (χ0v) is 11.6. The van der Waals surface area contributed by atoms with Gasteiger partial charge in [-0.15, -0.1) is 0 Å². The highest BCUT2D eigenvalue weighted by atomic mass is 79.9. The van der Waals surface area contributed by atoms with Crippen LogP contribution in [0.25, 0.3) is 11.1 Å². The first-order valence-corrected chi connectivity index (χ1v) is 6.71. The van der Waals surface area contributed by atoms with Gasteiger partial charge in [0, 0.05) is 23.6 Å². The Bertz CT molecular complexity index is 628. The van der Waals surface area contributed by atoms with Gasteiger partial charge in [-0.05, 0) is 24.6 Å². The number of fused-ring (bicyclic) bond motifs is 1. The first-order chi connectivity index (χ1) is 9.11. The second-order valence-corrected chi connectivity index (χ2v) is 5.41. The molecular formula is C12H12BrN3O3. The largest absolute Gasteiger partial charge is 0.465 e. The average molecular weight is 326 g/mol. The molecule has 100 valence electrons. The molecule has 6 nitrogen and oxygen atoms in total. The van der Waals surface area contributed by atoms with Gasteiger partial charge in [0.05, 0.1) is 0 Å². The first-order valence-electron chi connectivity index (χ1n) is 5.92. The number of nitrogens with one attached hydrogen (secondary N) is 1. The van der Waals surface area contributed by atoms with Crippen LogP contribution in [0, 0.1) is 0 Å². The van der Waals surface area contributed by atoms with Crippen LogP contribution in [-0.2, 0) is 0 Å². The van der Waals surface area contributed by atoms with Crippen molar-refractivity contribution in [1.29, 1.82) is 0 Å². The van der Waals surface area contributed by atoms with Crippen LogP contribution < -0.4 is 5.32 Å². The van der Waals surface area contributed by atoms with E-state index < -0.39 is 6.09 Å². The van der Waals surface area contributed by atoms with Gasteiger partial charge in [-0.25, -0.2) is 4.79 Å². The third kappa shape index (κ3) is 2.51. The lowest BCUT2D eigenvalue weighted by Crippen LogP contribution is -2.30. The average Bonchev–Trinajstić information content (AvgIpc) is 2.95. The second-order valence-electron chi connectivity index (χ2n) is 4.49. The van der Waals surface area contributed by atoms with Crippen molar-refractivity contribution in [3.8, 4) is 0 Å². The lowest BCUT2D eigenvalue weighted by Gasteiger charge is -2.12. The fourth-order valence-corrected chi connectivity index (χ4v) is 2.53. The number of halogens is 1. The highest BCUT2D eigenvalue weighted by Crippen LogP contribution is 2.24. The molecule has 1 aliphatic heterocycles. The zero-order chi connectivity index (χ0) is 13.4. The van der Waals surface area contributed by atoms with Gasteiger partial charge in [-0.1, -0.05) is 15.9 Å². The molecule has 0 spiro atoms. The van der Waals surface area contributed by atoms with E-state index in [2.05, 4.69) is 26.2 Å². The van der Waals surface area contributed by atoms with Gasteiger partial charge in [0.25, 0.3) is 6.01 Å². The molecule has 19 heavy (non-hydrogen) atoms. The predicted molar refractivity (Wildman–Crippen MR) is 73.3 cm³/mol. The molecule has 0 unspecified atom stereocenters. The van der Waals surface area contributed by atoms with E-state index in [9.17, 15) is 4.79 Å². The van der Waals surface area contributed by atoms with Crippen molar-refractivity contribution in [1.82, 2.24) is 9.88 Å². The minimum absolute atomic E-state index is 0.0487. The maximum atomic E-state index is 10.8. The van der Waals surface area contributed by atoms with Crippen molar-refractivity contribution >= 4 is 39.1 Å². The Labute approximate surface area is 117 Å². The van der Waals surface area contributed by atoms with E-state index in [4.69, 9.17) is 9.52 Å². The number of hydrogen-bond donors (Lipinski definition) is 2. The number of benzene rings is 1. The summed E-state index contributed by atoms with van der Waals surface area (Å²) in [5, 5.41) is 12.0. The summed E-state index contributed by atoms with van der Waals surface area (Å²) < 4.78 is 6.52. The van der Waals surface area contributed by atoms with E-state index in [1.807, 2.05) is 18.2 Å². The number of rotatable bonds is 2. The van der Waals surface area contributed by atoms with E-state index in [0.29, 0.717) is 24.7 Å². The number of anilines is 1. The molecule has 2 aromatic rings. The Morgan fingerprint density at radius 2 is 2.42 bits per heavy atom. The van der Waals surface area contributed by atoms with E-state index in [0.717, 1.165) is 16.4 Å². The predicted octanol–water partition coefficient (Wildman–Crippen LogP) is 2.75. The summed E-state index contributed by atoms with van der Waals surface area (Å²) >= 11 is 3.37. The van der Waals surface area contributed by atoms with Crippen LogP contribution in [-0.4, -0.2) is 40.2 Å². The van der Waals surface area contributed by atoms with E-state index in [1.54, 1.807) is 0 Å². The van der Waals surface area contributed by atoms with Crippen molar-refractivity contribution in [2.45, 2.75) is 12.5 Å². The van der Waals surface area contributed by atoms with Gasteiger partial charge in [0.2, 0.25) is 0 Å². The fraction of sp³-hybridized carbons (Fsp3) is 0.333. The molecule has 1 aromatic heterocycles. The van der Waals surface area contributed by atoms with Crippen molar-refractivity contribution in [3.63, 3.8) is 0 Å². The maximum absolute atomic E-state index is 10.8. The Kier molecular flexibility index (Phi) is 3.06. The lowest BCUT2D eigenvalue weighted by atomic mass is 10.3. The van der Waals surface area contributed by atoms with E-state index >= 15 is 0 Å². The van der Waals surface area contributed by atoms with E-state index in [-0.39, 0.29) is 6.04 Å². The Hall–Kier alpha value is -1.76. The summed E-state index contributed by atoms with van der Waals surface area (Å²) in [7, 11) is 0. The van der Waals surface area contributed by atoms with Crippen LogP contribution in [0.2, 0.25) is 0 Å². The molecule has 0 saturated carbocycles. The molecule has 1 aliphatic rings.